The molecule has 1 saturated heterocycles. The lowest BCUT2D eigenvalue weighted by molar-refractivity contribution is -0.120. The Balaban J connectivity index is 1.81. The van der Waals surface area contributed by atoms with E-state index in [1.165, 1.54) is 0 Å². The van der Waals surface area contributed by atoms with Crippen LogP contribution in [0, 0.1) is 5.92 Å². The summed E-state index contributed by atoms with van der Waals surface area (Å²) in [4.78, 5) is 12.1. The van der Waals surface area contributed by atoms with E-state index < -0.39 is 0 Å². The van der Waals surface area contributed by atoms with Gasteiger partial charge in [-0.3, -0.25) is 4.79 Å². The number of rotatable bonds is 6. The fraction of sp³-hybridized carbons (Fsp3) is 0.533. The van der Waals surface area contributed by atoms with E-state index >= 15 is 0 Å². The SMILES string of the molecule is COCCOc1ccc(NC(=O)[C@@H]2CCCNC2)cc1. The number of methoxy groups -OCH3 is 1. The number of hydrogen-bond acceptors (Lipinski definition) is 4. The van der Waals surface area contributed by atoms with Gasteiger partial charge in [-0.05, 0) is 43.7 Å². The Labute approximate surface area is 119 Å². The molecule has 1 aliphatic rings. The summed E-state index contributed by atoms with van der Waals surface area (Å²) in [5.41, 5.74) is 0.805. The van der Waals surface area contributed by atoms with Crippen molar-refractivity contribution in [3.8, 4) is 5.75 Å². The van der Waals surface area contributed by atoms with Crippen molar-refractivity contribution in [2.45, 2.75) is 12.8 Å². The number of piperidine rings is 1. The highest BCUT2D eigenvalue weighted by Gasteiger charge is 2.20. The fourth-order valence-electron chi connectivity index (χ4n) is 2.20. The van der Waals surface area contributed by atoms with Crippen LogP contribution in [0.3, 0.4) is 0 Å². The molecule has 0 saturated carbocycles. The number of nitrogens with one attached hydrogen (secondary N) is 2. The molecule has 0 unspecified atom stereocenters. The molecule has 1 atom stereocenters. The summed E-state index contributed by atoms with van der Waals surface area (Å²) in [5, 5.41) is 6.19. The van der Waals surface area contributed by atoms with Crippen molar-refractivity contribution >= 4 is 11.6 Å². The van der Waals surface area contributed by atoms with Crippen LogP contribution in [-0.2, 0) is 9.53 Å². The van der Waals surface area contributed by atoms with Gasteiger partial charge in [0.25, 0.3) is 0 Å². The molecule has 1 fully saturated rings. The van der Waals surface area contributed by atoms with Crippen LogP contribution >= 0.6 is 0 Å². The van der Waals surface area contributed by atoms with Crippen molar-refractivity contribution in [1.29, 1.82) is 0 Å². The van der Waals surface area contributed by atoms with Crippen LogP contribution in [0.25, 0.3) is 0 Å². The highest BCUT2D eigenvalue weighted by atomic mass is 16.5. The minimum absolute atomic E-state index is 0.0707. The Bertz CT molecular complexity index is 414. The summed E-state index contributed by atoms with van der Waals surface area (Å²) in [5.74, 6) is 0.936. The summed E-state index contributed by atoms with van der Waals surface area (Å²) in [6.45, 7) is 2.87. The number of anilines is 1. The minimum atomic E-state index is 0.0707. The van der Waals surface area contributed by atoms with Crippen molar-refractivity contribution < 1.29 is 14.3 Å². The lowest BCUT2D eigenvalue weighted by Crippen LogP contribution is -2.37. The lowest BCUT2D eigenvalue weighted by Gasteiger charge is -2.21. The first kappa shape index (κ1) is 14.8. The zero-order chi connectivity index (χ0) is 14.2. The largest absolute Gasteiger partial charge is 0.491 e. The molecule has 20 heavy (non-hydrogen) atoms. The molecule has 5 nitrogen and oxygen atoms in total. The van der Waals surface area contributed by atoms with Crippen LogP contribution in [0.5, 0.6) is 5.75 Å². The van der Waals surface area contributed by atoms with E-state index in [-0.39, 0.29) is 11.8 Å². The zero-order valence-corrected chi connectivity index (χ0v) is 11.9. The van der Waals surface area contributed by atoms with Gasteiger partial charge in [-0.15, -0.1) is 0 Å². The first-order valence-electron chi connectivity index (χ1n) is 7.03. The number of hydrogen-bond donors (Lipinski definition) is 2. The smallest absolute Gasteiger partial charge is 0.228 e. The molecular formula is C15H22N2O3. The highest BCUT2D eigenvalue weighted by Crippen LogP contribution is 2.18. The maximum atomic E-state index is 12.1. The van der Waals surface area contributed by atoms with E-state index in [1.54, 1.807) is 7.11 Å². The van der Waals surface area contributed by atoms with Crippen molar-refractivity contribution in [1.82, 2.24) is 5.32 Å². The van der Waals surface area contributed by atoms with E-state index in [1.807, 2.05) is 24.3 Å². The van der Waals surface area contributed by atoms with Crippen molar-refractivity contribution in [2.24, 2.45) is 5.92 Å². The Kier molecular flexibility index (Phi) is 5.83. The van der Waals surface area contributed by atoms with Crippen molar-refractivity contribution in [3.63, 3.8) is 0 Å². The number of carbonyl (C=O) groups excluding carboxylic acids is 1. The zero-order valence-electron chi connectivity index (χ0n) is 11.9. The minimum Gasteiger partial charge on any atom is -0.491 e. The molecular weight excluding hydrogens is 256 g/mol. The van der Waals surface area contributed by atoms with Gasteiger partial charge < -0.3 is 20.1 Å². The average Bonchev–Trinajstić information content (AvgIpc) is 2.50. The van der Waals surface area contributed by atoms with Gasteiger partial charge in [-0.2, -0.15) is 0 Å². The van der Waals surface area contributed by atoms with E-state index in [2.05, 4.69) is 10.6 Å². The maximum Gasteiger partial charge on any atom is 0.228 e. The Morgan fingerprint density at radius 1 is 1.35 bits per heavy atom. The standard InChI is InChI=1S/C15H22N2O3/c1-19-9-10-20-14-6-4-13(5-7-14)17-15(18)12-3-2-8-16-11-12/h4-7,12,16H,2-3,8-11H2,1H3,(H,17,18)/t12-/m1/s1. The number of ether oxygens (including phenoxy) is 2. The molecule has 0 aromatic heterocycles. The summed E-state index contributed by atoms with van der Waals surface area (Å²) >= 11 is 0. The summed E-state index contributed by atoms with van der Waals surface area (Å²) in [7, 11) is 1.64. The van der Waals surface area contributed by atoms with Gasteiger partial charge in [-0.1, -0.05) is 0 Å². The molecule has 1 heterocycles. The topological polar surface area (TPSA) is 59.6 Å². The number of carbonyl (C=O) groups is 1. The first-order valence-corrected chi connectivity index (χ1v) is 7.03. The summed E-state index contributed by atoms with van der Waals surface area (Å²) in [6.07, 6.45) is 2.02. The summed E-state index contributed by atoms with van der Waals surface area (Å²) in [6, 6.07) is 7.42. The predicted octanol–water partition coefficient (Wildman–Crippen LogP) is 1.65. The molecule has 0 radical (unpaired) electrons. The predicted molar refractivity (Wildman–Crippen MR) is 78.0 cm³/mol. The molecule has 5 heteroatoms. The molecule has 1 aromatic rings. The fourth-order valence-corrected chi connectivity index (χ4v) is 2.20. The van der Waals surface area contributed by atoms with Gasteiger partial charge in [0, 0.05) is 19.3 Å². The van der Waals surface area contributed by atoms with Crippen LogP contribution < -0.4 is 15.4 Å². The lowest BCUT2D eigenvalue weighted by atomic mass is 9.99. The van der Waals surface area contributed by atoms with Crippen LogP contribution in [0.2, 0.25) is 0 Å². The molecule has 1 aromatic carbocycles. The third kappa shape index (κ3) is 4.51. The Hall–Kier alpha value is -1.59. The maximum absolute atomic E-state index is 12.1. The van der Waals surface area contributed by atoms with Crippen molar-refractivity contribution in [2.75, 3.05) is 38.7 Å². The summed E-state index contributed by atoms with van der Waals surface area (Å²) < 4.78 is 10.4. The van der Waals surface area contributed by atoms with Gasteiger partial charge in [0.05, 0.1) is 12.5 Å². The second-order valence-electron chi connectivity index (χ2n) is 4.90. The quantitative estimate of drug-likeness (QED) is 0.777. The Morgan fingerprint density at radius 3 is 2.80 bits per heavy atom. The third-order valence-corrected chi connectivity index (χ3v) is 3.35. The highest BCUT2D eigenvalue weighted by molar-refractivity contribution is 5.92. The second kappa shape index (κ2) is 7.87. The van der Waals surface area contributed by atoms with Crippen LogP contribution in [0.15, 0.2) is 24.3 Å². The molecule has 1 amide bonds. The monoisotopic (exact) mass is 278 g/mol. The van der Waals surface area contributed by atoms with Gasteiger partial charge in [-0.25, -0.2) is 0 Å². The van der Waals surface area contributed by atoms with Gasteiger partial charge in [0.15, 0.2) is 0 Å². The van der Waals surface area contributed by atoms with Crippen LogP contribution in [0.1, 0.15) is 12.8 Å². The molecule has 2 rings (SSSR count). The van der Waals surface area contributed by atoms with Crippen LogP contribution in [-0.4, -0.2) is 39.3 Å². The van der Waals surface area contributed by atoms with E-state index in [0.29, 0.717) is 13.2 Å². The number of benzene rings is 1. The van der Waals surface area contributed by atoms with E-state index in [9.17, 15) is 4.79 Å². The molecule has 1 aliphatic heterocycles. The van der Waals surface area contributed by atoms with E-state index in [4.69, 9.17) is 9.47 Å². The molecule has 0 bridgehead atoms. The van der Waals surface area contributed by atoms with Gasteiger partial charge in [0.1, 0.15) is 12.4 Å². The molecule has 2 N–H and O–H groups in total. The van der Waals surface area contributed by atoms with Crippen molar-refractivity contribution in [3.05, 3.63) is 24.3 Å². The number of amides is 1. The Morgan fingerprint density at radius 2 is 2.15 bits per heavy atom. The molecule has 110 valence electrons. The average molecular weight is 278 g/mol. The molecule has 0 aliphatic carbocycles. The van der Waals surface area contributed by atoms with Gasteiger partial charge in [0.2, 0.25) is 5.91 Å². The van der Waals surface area contributed by atoms with E-state index in [0.717, 1.165) is 37.4 Å². The van der Waals surface area contributed by atoms with Crippen LogP contribution in [0.4, 0.5) is 5.69 Å². The normalized spacial score (nSPS) is 18.6. The first-order chi connectivity index (χ1) is 9.79. The third-order valence-electron chi connectivity index (χ3n) is 3.35. The molecule has 0 spiro atoms. The second-order valence-corrected chi connectivity index (χ2v) is 4.90. The van der Waals surface area contributed by atoms with Gasteiger partial charge >= 0.3 is 0 Å².